The highest BCUT2D eigenvalue weighted by Gasteiger charge is 2.14. The lowest BCUT2D eigenvalue weighted by atomic mass is 10.1. The van der Waals surface area contributed by atoms with Gasteiger partial charge < -0.3 is 10.1 Å². The Balaban J connectivity index is 1.76. The highest BCUT2D eigenvalue weighted by atomic mass is 32.2. The van der Waals surface area contributed by atoms with Gasteiger partial charge in [0, 0.05) is 29.3 Å². The minimum atomic E-state index is 0.172. The van der Waals surface area contributed by atoms with Crippen LogP contribution in [-0.2, 0) is 11.3 Å². The van der Waals surface area contributed by atoms with Crippen molar-refractivity contribution in [3.05, 3.63) is 29.8 Å². The van der Waals surface area contributed by atoms with E-state index in [4.69, 9.17) is 4.74 Å². The van der Waals surface area contributed by atoms with Gasteiger partial charge in [0.25, 0.3) is 0 Å². The first-order chi connectivity index (χ1) is 9.53. The van der Waals surface area contributed by atoms with Crippen molar-refractivity contribution in [2.45, 2.75) is 63.1 Å². The van der Waals surface area contributed by atoms with Gasteiger partial charge in [0.2, 0.25) is 0 Å². The standard InChI is InChI=1S/C17H27NOS/c1-17(2,3)18-12-14-7-9-16(10-8-14)20-13-15-6-4-5-11-19-15/h7-10,15,18H,4-6,11-13H2,1-3H3. The summed E-state index contributed by atoms with van der Waals surface area (Å²) in [4.78, 5) is 1.35. The van der Waals surface area contributed by atoms with Crippen LogP contribution in [0.25, 0.3) is 0 Å². The molecule has 0 spiro atoms. The van der Waals surface area contributed by atoms with Crippen molar-refractivity contribution in [3.63, 3.8) is 0 Å². The lowest BCUT2D eigenvalue weighted by molar-refractivity contribution is 0.0315. The fourth-order valence-electron chi connectivity index (χ4n) is 2.20. The zero-order chi connectivity index (χ0) is 14.4. The number of benzene rings is 1. The summed E-state index contributed by atoms with van der Waals surface area (Å²) in [5.74, 6) is 1.08. The third-order valence-corrected chi connectivity index (χ3v) is 4.60. The molecule has 1 fully saturated rings. The molecule has 0 aromatic heterocycles. The molecule has 1 N–H and O–H groups in total. The van der Waals surface area contributed by atoms with E-state index in [0.717, 1.165) is 18.9 Å². The lowest BCUT2D eigenvalue weighted by Gasteiger charge is -2.22. The van der Waals surface area contributed by atoms with E-state index in [0.29, 0.717) is 6.10 Å². The predicted octanol–water partition coefficient (Wildman–Crippen LogP) is 4.24. The molecular formula is C17H27NOS. The maximum absolute atomic E-state index is 5.77. The minimum Gasteiger partial charge on any atom is -0.377 e. The van der Waals surface area contributed by atoms with Crippen LogP contribution in [0.15, 0.2) is 29.2 Å². The van der Waals surface area contributed by atoms with Crippen molar-refractivity contribution in [2.24, 2.45) is 0 Å². The van der Waals surface area contributed by atoms with Crippen molar-refractivity contribution in [1.82, 2.24) is 5.32 Å². The highest BCUT2D eigenvalue weighted by molar-refractivity contribution is 7.99. The SMILES string of the molecule is CC(C)(C)NCc1ccc(SCC2CCCCO2)cc1. The molecule has 1 heterocycles. The molecule has 1 aromatic carbocycles. The summed E-state index contributed by atoms with van der Waals surface area (Å²) >= 11 is 1.91. The van der Waals surface area contributed by atoms with Crippen LogP contribution in [-0.4, -0.2) is 24.0 Å². The van der Waals surface area contributed by atoms with Gasteiger partial charge in [-0.1, -0.05) is 12.1 Å². The van der Waals surface area contributed by atoms with Crippen LogP contribution >= 0.6 is 11.8 Å². The second-order valence-electron chi connectivity index (χ2n) is 6.55. The Morgan fingerprint density at radius 1 is 1.20 bits per heavy atom. The van der Waals surface area contributed by atoms with E-state index in [-0.39, 0.29) is 5.54 Å². The minimum absolute atomic E-state index is 0.172. The van der Waals surface area contributed by atoms with Crippen molar-refractivity contribution in [2.75, 3.05) is 12.4 Å². The van der Waals surface area contributed by atoms with E-state index >= 15 is 0 Å². The third kappa shape index (κ3) is 5.86. The second-order valence-corrected chi connectivity index (χ2v) is 7.64. The van der Waals surface area contributed by atoms with Crippen LogP contribution < -0.4 is 5.32 Å². The number of hydrogen-bond donors (Lipinski definition) is 1. The second kappa shape index (κ2) is 7.48. The van der Waals surface area contributed by atoms with E-state index in [2.05, 4.69) is 50.4 Å². The van der Waals surface area contributed by atoms with Crippen LogP contribution in [0, 0.1) is 0 Å². The normalized spacial score (nSPS) is 20.1. The molecule has 1 aromatic rings. The highest BCUT2D eigenvalue weighted by Crippen LogP contribution is 2.24. The van der Waals surface area contributed by atoms with Gasteiger partial charge in [0.15, 0.2) is 0 Å². The van der Waals surface area contributed by atoms with Crippen LogP contribution in [0.1, 0.15) is 45.6 Å². The molecule has 1 aliphatic rings. The first-order valence-corrected chi connectivity index (χ1v) is 8.60. The molecule has 2 nitrogen and oxygen atoms in total. The van der Waals surface area contributed by atoms with Crippen molar-refractivity contribution < 1.29 is 4.74 Å². The van der Waals surface area contributed by atoms with Crippen LogP contribution in [0.4, 0.5) is 0 Å². The summed E-state index contributed by atoms with van der Waals surface area (Å²) in [6, 6.07) is 8.91. The Kier molecular flexibility index (Phi) is 5.94. The number of thioether (sulfide) groups is 1. The molecule has 0 aliphatic carbocycles. The van der Waals surface area contributed by atoms with Crippen LogP contribution in [0.5, 0.6) is 0 Å². The molecule has 1 aliphatic heterocycles. The molecule has 0 saturated carbocycles. The fourth-order valence-corrected chi connectivity index (χ4v) is 3.17. The Morgan fingerprint density at radius 3 is 2.55 bits per heavy atom. The zero-order valence-corrected chi connectivity index (χ0v) is 13.8. The van der Waals surface area contributed by atoms with E-state index in [9.17, 15) is 0 Å². The maximum Gasteiger partial charge on any atom is 0.0669 e. The molecule has 0 bridgehead atoms. The van der Waals surface area contributed by atoms with E-state index in [1.165, 1.54) is 29.7 Å². The number of nitrogens with one attached hydrogen (secondary N) is 1. The van der Waals surface area contributed by atoms with Crippen LogP contribution in [0.3, 0.4) is 0 Å². The average Bonchev–Trinajstić information content (AvgIpc) is 2.44. The number of ether oxygens (including phenoxy) is 1. The topological polar surface area (TPSA) is 21.3 Å². The molecule has 0 amide bonds. The summed E-state index contributed by atoms with van der Waals surface area (Å²) in [5.41, 5.74) is 1.52. The zero-order valence-electron chi connectivity index (χ0n) is 12.9. The summed E-state index contributed by atoms with van der Waals surface area (Å²) in [6.45, 7) is 8.47. The summed E-state index contributed by atoms with van der Waals surface area (Å²) in [6.07, 6.45) is 4.23. The first kappa shape index (κ1) is 15.9. The molecule has 112 valence electrons. The van der Waals surface area contributed by atoms with Gasteiger partial charge in [-0.2, -0.15) is 0 Å². The van der Waals surface area contributed by atoms with Gasteiger partial charge in [-0.3, -0.25) is 0 Å². The van der Waals surface area contributed by atoms with Gasteiger partial charge in [-0.05, 0) is 57.7 Å². The third-order valence-electron chi connectivity index (χ3n) is 3.46. The molecule has 1 unspecified atom stereocenters. The Hall–Kier alpha value is -0.510. The molecule has 2 rings (SSSR count). The Bertz CT molecular complexity index is 390. The van der Waals surface area contributed by atoms with Gasteiger partial charge in [-0.15, -0.1) is 11.8 Å². The van der Waals surface area contributed by atoms with E-state index < -0.39 is 0 Å². The summed E-state index contributed by atoms with van der Waals surface area (Å²) < 4.78 is 5.77. The average molecular weight is 293 g/mol. The molecular weight excluding hydrogens is 266 g/mol. The van der Waals surface area contributed by atoms with Gasteiger partial charge >= 0.3 is 0 Å². The van der Waals surface area contributed by atoms with E-state index in [1.807, 2.05) is 11.8 Å². The predicted molar refractivity (Wildman–Crippen MR) is 87.3 cm³/mol. The largest absolute Gasteiger partial charge is 0.377 e. The monoisotopic (exact) mass is 293 g/mol. The lowest BCUT2D eigenvalue weighted by Crippen LogP contribution is -2.35. The number of hydrogen-bond acceptors (Lipinski definition) is 3. The molecule has 3 heteroatoms. The summed E-state index contributed by atoms with van der Waals surface area (Å²) in [5, 5.41) is 3.51. The van der Waals surface area contributed by atoms with Crippen molar-refractivity contribution in [1.29, 1.82) is 0 Å². The van der Waals surface area contributed by atoms with Gasteiger partial charge in [-0.25, -0.2) is 0 Å². The van der Waals surface area contributed by atoms with E-state index in [1.54, 1.807) is 0 Å². The molecule has 20 heavy (non-hydrogen) atoms. The Labute approximate surface area is 127 Å². The van der Waals surface area contributed by atoms with Gasteiger partial charge in [0.05, 0.1) is 6.10 Å². The fraction of sp³-hybridized carbons (Fsp3) is 0.647. The van der Waals surface area contributed by atoms with Gasteiger partial charge in [0.1, 0.15) is 0 Å². The smallest absolute Gasteiger partial charge is 0.0669 e. The van der Waals surface area contributed by atoms with Crippen LogP contribution in [0.2, 0.25) is 0 Å². The maximum atomic E-state index is 5.77. The first-order valence-electron chi connectivity index (χ1n) is 7.61. The molecule has 1 saturated heterocycles. The van der Waals surface area contributed by atoms with Crippen molar-refractivity contribution >= 4 is 11.8 Å². The number of rotatable bonds is 5. The Morgan fingerprint density at radius 2 is 1.95 bits per heavy atom. The quantitative estimate of drug-likeness (QED) is 0.821. The molecule has 0 radical (unpaired) electrons. The van der Waals surface area contributed by atoms with Crippen molar-refractivity contribution in [3.8, 4) is 0 Å². The summed E-state index contributed by atoms with van der Waals surface area (Å²) in [7, 11) is 0. The molecule has 1 atom stereocenters.